The normalized spacial score (nSPS) is 10.7. The van der Waals surface area contributed by atoms with Gasteiger partial charge in [-0.3, -0.25) is 4.79 Å². The van der Waals surface area contributed by atoms with E-state index in [9.17, 15) is 4.79 Å². The lowest BCUT2D eigenvalue weighted by Gasteiger charge is -2.12. The van der Waals surface area contributed by atoms with Gasteiger partial charge in [0.05, 0.1) is 5.69 Å². The molecule has 4 nitrogen and oxygen atoms in total. The minimum Gasteiger partial charge on any atom is -0.352 e. The van der Waals surface area contributed by atoms with Gasteiger partial charge in [0.2, 0.25) is 5.91 Å². The molecule has 0 atom stereocenters. The fourth-order valence-corrected chi connectivity index (χ4v) is 3.56. The molecule has 0 unspecified atom stereocenters. The van der Waals surface area contributed by atoms with Crippen molar-refractivity contribution >= 4 is 17.7 Å². The highest BCUT2D eigenvalue weighted by Gasteiger charge is 2.08. The van der Waals surface area contributed by atoms with Gasteiger partial charge >= 0.3 is 0 Å². The largest absolute Gasteiger partial charge is 0.352 e. The molecule has 0 spiro atoms. The van der Waals surface area contributed by atoms with E-state index in [1.165, 1.54) is 10.5 Å². The molecular weight excluding hydrogens is 342 g/mol. The van der Waals surface area contributed by atoms with E-state index >= 15 is 0 Å². The summed E-state index contributed by atoms with van der Waals surface area (Å²) in [5, 5.41) is 3.03. The van der Waals surface area contributed by atoms with Crippen LogP contribution in [0.3, 0.4) is 0 Å². The Labute approximate surface area is 158 Å². The minimum absolute atomic E-state index is 0.0711. The van der Waals surface area contributed by atoms with E-state index in [1.54, 1.807) is 18.0 Å². The molecule has 0 radical (unpaired) electrons. The van der Waals surface area contributed by atoms with Gasteiger partial charge in [-0.2, -0.15) is 0 Å². The zero-order valence-electron chi connectivity index (χ0n) is 15.1. The van der Waals surface area contributed by atoms with Gasteiger partial charge in [-0.15, -0.1) is 11.8 Å². The number of para-hydroxylation sites is 1. The van der Waals surface area contributed by atoms with E-state index in [1.807, 2.05) is 42.0 Å². The van der Waals surface area contributed by atoms with E-state index in [-0.39, 0.29) is 5.91 Å². The summed E-state index contributed by atoms with van der Waals surface area (Å²) in [6, 6.07) is 16.5. The van der Waals surface area contributed by atoms with Crippen LogP contribution in [0.2, 0.25) is 0 Å². The van der Waals surface area contributed by atoms with Crippen molar-refractivity contribution in [3.63, 3.8) is 0 Å². The molecule has 0 aliphatic carbocycles. The van der Waals surface area contributed by atoms with Crippen molar-refractivity contribution in [2.45, 2.75) is 31.7 Å². The van der Waals surface area contributed by atoms with E-state index < -0.39 is 0 Å². The van der Waals surface area contributed by atoms with Crippen LogP contribution in [0.15, 0.2) is 65.8 Å². The Balaban J connectivity index is 1.52. The second kappa shape index (κ2) is 8.72. The molecule has 0 saturated heterocycles. The summed E-state index contributed by atoms with van der Waals surface area (Å²) in [6.07, 6.45) is 4.23. The van der Waals surface area contributed by atoms with E-state index in [0.29, 0.717) is 13.0 Å². The Morgan fingerprint density at radius 1 is 1.12 bits per heavy atom. The van der Waals surface area contributed by atoms with E-state index in [0.717, 1.165) is 22.8 Å². The monoisotopic (exact) mass is 365 g/mol. The van der Waals surface area contributed by atoms with Gasteiger partial charge in [-0.05, 0) is 37.6 Å². The topological polar surface area (TPSA) is 46.9 Å². The molecule has 0 bridgehead atoms. The van der Waals surface area contributed by atoms with Crippen LogP contribution in [-0.4, -0.2) is 21.2 Å². The number of nitrogens with one attached hydrogen (secondary N) is 1. The van der Waals surface area contributed by atoms with Gasteiger partial charge in [0, 0.05) is 36.0 Å². The molecule has 1 amide bonds. The van der Waals surface area contributed by atoms with Crippen LogP contribution in [0.4, 0.5) is 0 Å². The van der Waals surface area contributed by atoms with Crippen LogP contribution < -0.4 is 5.32 Å². The number of amides is 1. The van der Waals surface area contributed by atoms with Gasteiger partial charge in [-0.25, -0.2) is 4.98 Å². The number of benzene rings is 2. The number of thioether (sulfide) groups is 1. The Bertz CT molecular complexity index is 871. The molecule has 134 valence electrons. The number of rotatable bonds is 7. The summed E-state index contributed by atoms with van der Waals surface area (Å²) >= 11 is 1.71. The molecule has 1 N–H and O–H groups in total. The average Bonchev–Trinajstić information content (AvgIpc) is 3.08. The van der Waals surface area contributed by atoms with Crippen LogP contribution >= 0.6 is 11.8 Å². The molecule has 3 rings (SSSR count). The maximum atomic E-state index is 12.2. The standard InChI is InChI=1S/C21H23N3OS/c1-16-7-9-19(10-8-16)26-14-11-21(25)23-15-18-5-3-4-6-20(18)24-13-12-22-17(24)2/h3-10,12-13H,11,14-15H2,1-2H3,(H,23,25). The third kappa shape index (κ3) is 4.76. The van der Waals surface area contributed by atoms with E-state index in [4.69, 9.17) is 0 Å². The molecule has 0 aliphatic rings. The first-order valence-corrected chi connectivity index (χ1v) is 9.66. The van der Waals surface area contributed by atoms with Crippen molar-refractivity contribution in [3.8, 4) is 5.69 Å². The Hall–Kier alpha value is -2.53. The Morgan fingerprint density at radius 3 is 2.62 bits per heavy atom. The Kier molecular flexibility index (Phi) is 6.12. The first kappa shape index (κ1) is 18.3. The van der Waals surface area contributed by atoms with Crippen molar-refractivity contribution < 1.29 is 4.79 Å². The summed E-state index contributed by atoms with van der Waals surface area (Å²) in [5.41, 5.74) is 3.38. The fourth-order valence-electron chi connectivity index (χ4n) is 2.71. The first-order valence-electron chi connectivity index (χ1n) is 8.68. The fraction of sp³-hybridized carbons (Fsp3) is 0.238. The third-order valence-electron chi connectivity index (χ3n) is 4.17. The van der Waals surface area contributed by atoms with Crippen LogP contribution in [0, 0.1) is 13.8 Å². The summed E-state index contributed by atoms with van der Waals surface area (Å²) in [4.78, 5) is 17.7. The third-order valence-corrected chi connectivity index (χ3v) is 5.19. The molecule has 3 aromatic rings. The molecule has 26 heavy (non-hydrogen) atoms. The minimum atomic E-state index is 0.0711. The van der Waals surface area contributed by atoms with Crippen LogP contribution in [0.5, 0.6) is 0 Å². The summed E-state index contributed by atoms with van der Waals surface area (Å²) in [7, 11) is 0. The molecule has 0 fully saturated rings. The maximum Gasteiger partial charge on any atom is 0.221 e. The van der Waals surface area contributed by atoms with Crippen molar-refractivity contribution in [3.05, 3.63) is 77.9 Å². The lowest BCUT2D eigenvalue weighted by atomic mass is 10.1. The number of imidazole rings is 1. The summed E-state index contributed by atoms with van der Waals surface area (Å²) in [5.74, 6) is 1.78. The molecule has 0 saturated carbocycles. The zero-order valence-corrected chi connectivity index (χ0v) is 15.9. The van der Waals surface area contributed by atoms with Crippen molar-refractivity contribution in [1.82, 2.24) is 14.9 Å². The highest BCUT2D eigenvalue weighted by Crippen LogP contribution is 2.19. The maximum absolute atomic E-state index is 12.2. The zero-order chi connectivity index (χ0) is 18.4. The van der Waals surface area contributed by atoms with Gasteiger partial charge in [-0.1, -0.05) is 35.9 Å². The van der Waals surface area contributed by atoms with E-state index in [2.05, 4.69) is 41.5 Å². The predicted molar refractivity (Wildman–Crippen MR) is 107 cm³/mol. The number of aryl methyl sites for hydroxylation is 2. The smallest absolute Gasteiger partial charge is 0.221 e. The predicted octanol–water partition coefficient (Wildman–Crippen LogP) is 4.29. The highest BCUT2D eigenvalue weighted by molar-refractivity contribution is 7.99. The van der Waals surface area contributed by atoms with Gasteiger partial charge in [0.25, 0.3) is 0 Å². The van der Waals surface area contributed by atoms with Crippen LogP contribution in [-0.2, 0) is 11.3 Å². The quantitative estimate of drug-likeness (QED) is 0.636. The second-order valence-corrected chi connectivity index (χ2v) is 7.33. The van der Waals surface area contributed by atoms with Gasteiger partial charge in [0.15, 0.2) is 0 Å². The number of carbonyl (C=O) groups is 1. The van der Waals surface area contributed by atoms with Crippen LogP contribution in [0.1, 0.15) is 23.4 Å². The molecule has 0 aliphatic heterocycles. The molecule has 1 aromatic heterocycles. The first-order chi connectivity index (χ1) is 12.6. The number of nitrogens with zero attached hydrogens (tertiary/aromatic N) is 2. The molecule has 1 heterocycles. The Morgan fingerprint density at radius 2 is 1.88 bits per heavy atom. The average molecular weight is 366 g/mol. The van der Waals surface area contributed by atoms with Gasteiger partial charge in [0.1, 0.15) is 5.82 Å². The number of hydrogen-bond acceptors (Lipinski definition) is 3. The lowest BCUT2D eigenvalue weighted by Crippen LogP contribution is -2.23. The molecular formula is C21H23N3OS. The second-order valence-electron chi connectivity index (χ2n) is 6.16. The SMILES string of the molecule is Cc1ccc(SCCC(=O)NCc2ccccc2-n2ccnc2C)cc1. The van der Waals surface area contributed by atoms with Crippen molar-refractivity contribution in [2.75, 3.05) is 5.75 Å². The highest BCUT2D eigenvalue weighted by atomic mass is 32.2. The van der Waals surface area contributed by atoms with Crippen molar-refractivity contribution in [1.29, 1.82) is 0 Å². The number of aromatic nitrogens is 2. The summed E-state index contributed by atoms with van der Waals surface area (Å²) < 4.78 is 2.04. The van der Waals surface area contributed by atoms with Gasteiger partial charge < -0.3 is 9.88 Å². The summed E-state index contributed by atoms with van der Waals surface area (Å²) in [6.45, 7) is 4.56. The van der Waals surface area contributed by atoms with Crippen molar-refractivity contribution in [2.24, 2.45) is 0 Å². The number of carbonyl (C=O) groups excluding carboxylic acids is 1. The molecule has 2 aromatic carbocycles. The van der Waals surface area contributed by atoms with Crippen LogP contribution in [0.25, 0.3) is 5.69 Å². The molecule has 5 heteroatoms. The number of hydrogen-bond donors (Lipinski definition) is 1. The lowest BCUT2D eigenvalue weighted by molar-refractivity contribution is -0.120.